The minimum absolute atomic E-state index is 0.0186. The number of ketones is 1. The van der Waals surface area contributed by atoms with Crippen LogP contribution < -0.4 is 10.1 Å². The fourth-order valence-corrected chi connectivity index (χ4v) is 7.99. The van der Waals surface area contributed by atoms with E-state index in [0.717, 1.165) is 0 Å². The summed E-state index contributed by atoms with van der Waals surface area (Å²) in [5, 5.41) is 76.1. The molecule has 0 spiro atoms. The standard InChI is InChI=1S/C43H60N4O10/c1-22-13-20-56-43(9)41(54)33-31-32(37(51)29(8)40(33)57-43)39(53)34(30(38(31)52)21-44-47-16-14-46(15-17-47)18-19-48)45-42(55)24(3)12-10-11-23(2)35(49)28(7)36(50)27(6)26(5)25(22)4/h10-13,20-23,25-28,35-36,48-53H,14-19H2,1-9H3,(H,45,55)/b11-10+,20-13+,24-12-,44-21+/t22-,23-,25+,26+,27-,28+,35-,36-,43-/m0/s1. The molecule has 6 rings (SSSR count). The van der Waals surface area contributed by atoms with Crippen molar-refractivity contribution >= 4 is 34.4 Å². The quantitative estimate of drug-likeness (QED) is 0.124. The molecule has 312 valence electrons. The average molecular weight is 793 g/mol. The third-order valence-electron chi connectivity index (χ3n) is 12.6. The van der Waals surface area contributed by atoms with Gasteiger partial charge in [-0.1, -0.05) is 59.8 Å². The molecule has 2 aromatic carbocycles. The number of hydrogen-bond acceptors (Lipinski definition) is 13. The highest BCUT2D eigenvalue weighted by atomic mass is 16.7. The Morgan fingerprint density at radius 2 is 1.53 bits per heavy atom. The second-order valence-corrected chi connectivity index (χ2v) is 16.3. The highest BCUT2D eigenvalue weighted by molar-refractivity contribution is 6.23. The second-order valence-electron chi connectivity index (χ2n) is 16.3. The molecule has 0 unspecified atom stereocenters. The lowest BCUT2D eigenvalue weighted by Gasteiger charge is -2.36. The molecule has 14 heteroatoms. The SMILES string of the molecule is C/C1=C/C=C/[C@H](C)[C@H](O)[C@@H](C)[C@@H](O)[C@@H](C)[C@H](C)[C@H](C)[C@@H](C)/C=C/O[C@@]2(C)Oc3c(C)c(O)c4c(O)c(c(/C=N/N5CCN(CCO)CC5)c(O)c4c3C2=O)NC1=O. The van der Waals surface area contributed by atoms with Crippen LogP contribution in [0, 0.1) is 42.4 Å². The van der Waals surface area contributed by atoms with Crippen LogP contribution in [0.1, 0.15) is 76.9 Å². The number of aliphatic hydroxyl groups is 3. The topological polar surface area (TPSA) is 205 Å². The summed E-state index contributed by atoms with van der Waals surface area (Å²) in [6.45, 7) is 19.0. The zero-order valence-corrected chi connectivity index (χ0v) is 34.5. The van der Waals surface area contributed by atoms with E-state index in [0.29, 0.717) is 32.7 Å². The van der Waals surface area contributed by atoms with Crippen LogP contribution in [-0.4, -0.2) is 116 Å². The molecule has 0 aliphatic carbocycles. The Labute approximate surface area is 334 Å². The van der Waals surface area contributed by atoms with Gasteiger partial charge in [-0.05, 0) is 43.6 Å². The van der Waals surface area contributed by atoms with Crippen molar-refractivity contribution in [1.29, 1.82) is 0 Å². The number of phenolic OH excluding ortho intramolecular Hbond substituents is 3. The highest BCUT2D eigenvalue weighted by Gasteiger charge is 2.49. The number of nitrogens with zero attached hydrogens (tertiary/aromatic N) is 3. The van der Waals surface area contributed by atoms with Crippen LogP contribution in [0.2, 0.25) is 0 Å². The Balaban J connectivity index is 1.67. The maximum Gasteiger partial charge on any atom is 0.312 e. The number of rotatable bonds is 4. The van der Waals surface area contributed by atoms with E-state index in [1.54, 1.807) is 30.2 Å². The number of Topliss-reactive ketones (excluding diaryl/α,β-unsaturated/α-hetero) is 1. The molecule has 2 aromatic rings. The number of amides is 1. The third kappa shape index (κ3) is 8.50. The van der Waals surface area contributed by atoms with Crippen molar-refractivity contribution in [1.82, 2.24) is 9.91 Å². The van der Waals surface area contributed by atoms with Crippen LogP contribution in [0.5, 0.6) is 23.0 Å². The molecule has 1 saturated heterocycles. The lowest BCUT2D eigenvalue weighted by molar-refractivity contribution is -0.112. The number of aliphatic hydroxyl groups excluding tert-OH is 3. The Hall–Kier alpha value is -4.63. The van der Waals surface area contributed by atoms with Crippen molar-refractivity contribution in [2.24, 2.45) is 40.6 Å². The normalized spacial score (nSPS) is 32.9. The minimum atomic E-state index is -1.91. The number of ether oxygens (including phenoxy) is 2. The van der Waals surface area contributed by atoms with Gasteiger partial charge < -0.3 is 45.4 Å². The van der Waals surface area contributed by atoms with Crippen LogP contribution >= 0.6 is 0 Å². The van der Waals surface area contributed by atoms with Crippen molar-refractivity contribution in [3.05, 3.63) is 52.8 Å². The van der Waals surface area contributed by atoms with Crippen LogP contribution in [0.3, 0.4) is 0 Å². The third-order valence-corrected chi connectivity index (χ3v) is 12.6. The Morgan fingerprint density at radius 3 is 2.18 bits per heavy atom. The van der Waals surface area contributed by atoms with E-state index in [4.69, 9.17) is 9.47 Å². The molecule has 0 aromatic heterocycles. The van der Waals surface area contributed by atoms with E-state index in [-0.39, 0.29) is 80.7 Å². The van der Waals surface area contributed by atoms with Crippen molar-refractivity contribution in [2.45, 2.75) is 80.3 Å². The average Bonchev–Trinajstić information content (AvgIpc) is 3.45. The van der Waals surface area contributed by atoms with E-state index in [1.165, 1.54) is 26.3 Å². The zero-order chi connectivity index (χ0) is 42.1. The van der Waals surface area contributed by atoms with Crippen molar-refractivity contribution in [3.8, 4) is 23.0 Å². The summed E-state index contributed by atoms with van der Waals surface area (Å²) in [4.78, 5) is 30.2. The summed E-state index contributed by atoms with van der Waals surface area (Å²) < 4.78 is 12.2. The molecule has 4 heterocycles. The first kappa shape index (κ1) is 43.5. The van der Waals surface area contributed by atoms with Gasteiger partial charge in [-0.3, -0.25) is 19.5 Å². The maximum atomic E-state index is 14.4. The number of allylic oxidation sites excluding steroid dienone is 3. The van der Waals surface area contributed by atoms with Crippen LogP contribution in [0.25, 0.3) is 10.8 Å². The summed E-state index contributed by atoms with van der Waals surface area (Å²) >= 11 is 0. The lowest BCUT2D eigenvalue weighted by Crippen LogP contribution is -2.45. The number of phenols is 3. The first-order chi connectivity index (χ1) is 26.8. The van der Waals surface area contributed by atoms with Crippen LogP contribution in [0.15, 0.2) is 41.2 Å². The second kappa shape index (κ2) is 17.5. The van der Waals surface area contributed by atoms with Gasteiger partial charge in [0.25, 0.3) is 11.7 Å². The van der Waals surface area contributed by atoms with Gasteiger partial charge in [-0.2, -0.15) is 5.10 Å². The number of anilines is 1. The number of hydrogen-bond donors (Lipinski definition) is 7. The Morgan fingerprint density at radius 1 is 0.860 bits per heavy atom. The monoisotopic (exact) mass is 792 g/mol. The first-order valence-electron chi connectivity index (χ1n) is 19.8. The van der Waals surface area contributed by atoms with Gasteiger partial charge in [0.1, 0.15) is 17.2 Å². The summed E-state index contributed by atoms with van der Waals surface area (Å²) in [6, 6.07) is 0. The van der Waals surface area contributed by atoms with Crippen molar-refractivity contribution < 1.29 is 49.7 Å². The molecule has 4 aliphatic heterocycles. The fourth-order valence-electron chi connectivity index (χ4n) is 7.99. The number of carbonyl (C=O) groups excluding carboxylic acids is 2. The van der Waals surface area contributed by atoms with Crippen LogP contribution in [0.4, 0.5) is 5.69 Å². The molecule has 5 bridgehead atoms. The summed E-state index contributed by atoms with van der Waals surface area (Å²) in [5.74, 6) is -5.90. The number of β-amino-alcohol motifs (C(OH)–C–C–N with tert-alkyl or cyclic N) is 1. The highest BCUT2D eigenvalue weighted by Crippen LogP contribution is 2.55. The van der Waals surface area contributed by atoms with Crippen LogP contribution in [-0.2, 0) is 9.53 Å². The molecule has 4 aliphatic rings. The molecule has 14 nitrogen and oxygen atoms in total. The molecular formula is C43H60N4O10. The number of piperazine rings is 1. The number of hydrazone groups is 1. The van der Waals surface area contributed by atoms with E-state index in [2.05, 4.69) is 29.2 Å². The minimum Gasteiger partial charge on any atom is -0.507 e. The number of fused-ring (bicyclic) bond motifs is 14. The van der Waals surface area contributed by atoms with Gasteiger partial charge in [0.05, 0.1) is 53.5 Å². The predicted octanol–water partition coefficient (Wildman–Crippen LogP) is 5.02. The predicted molar refractivity (Wildman–Crippen MR) is 218 cm³/mol. The number of aromatic hydroxyl groups is 3. The number of benzene rings is 2. The molecule has 9 atom stereocenters. The summed E-state index contributed by atoms with van der Waals surface area (Å²) in [6.07, 6.45) is 7.74. The first-order valence-corrected chi connectivity index (χ1v) is 19.8. The molecular weight excluding hydrogens is 732 g/mol. The summed E-state index contributed by atoms with van der Waals surface area (Å²) in [5.41, 5.74) is -0.168. The fraction of sp³-hybridized carbons (Fsp3) is 0.558. The molecule has 1 amide bonds. The van der Waals surface area contributed by atoms with E-state index >= 15 is 0 Å². The van der Waals surface area contributed by atoms with Gasteiger partial charge in [0.15, 0.2) is 5.75 Å². The summed E-state index contributed by atoms with van der Waals surface area (Å²) in [7, 11) is 0. The van der Waals surface area contributed by atoms with Gasteiger partial charge in [-0.15, -0.1) is 0 Å². The number of nitrogens with one attached hydrogen (secondary N) is 1. The van der Waals surface area contributed by atoms with Gasteiger partial charge in [-0.25, -0.2) is 0 Å². The van der Waals surface area contributed by atoms with Gasteiger partial charge >= 0.3 is 5.79 Å². The molecule has 0 radical (unpaired) electrons. The molecule has 7 N–H and O–H groups in total. The van der Waals surface area contributed by atoms with Gasteiger partial charge in [0.2, 0.25) is 0 Å². The van der Waals surface area contributed by atoms with Gasteiger partial charge in [0, 0.05) is 68.0 Å². The van der Waals surface area contributed by atoms with E-state index < -0.39 is 52.9 Å². The van der Waals surface area contributed by atoms with E-state index in [9.17, 15) is 40.2 Å². The Bertz CT molecular complexity index is 1970. The smallest absolute Gasteiger partial charge is 0.312 e. The van der Waals surface area contributed by atoms with Crippen molar-refractivity contribution in [3.63, 3.8) is 0 Å². The number of carbonyl (C=O) groups is 2. The Kier molecular flexibility index (Phi) is 13.3. The molecule has 57 heavy (non-hydrogen) atoms. The van der Waals surface area contributed by atoms with Crippen molar-refractivity contribution in [2.75, 3.05) is 44.6 Å². The van der Waals surface area contributed by atoms with E-state index in [1.807, 2.05) is 33.8 Å². The molecule has 1 fully saturated rings. The lowest BCUT2D eigenvalue weighted by atomic mass is 9.72. The zero-order valence-electron chi connectivity index (χ0n) is 34.5. The largest absolute Gasteiger partial charge is 0.507 e. The maximum absolute atomic E-state index is 14.4. The molecule has 0 saturated carbocycles.